The van der Waals surface area contributed by atoms with Crippen molar-refractivity contribution < 1.29 is 9.84 Å². The average molecular weight is 223 g/mol. The molecule has 2 atom stereocenters. The van der Waals surface area contributed by atoms with Crippen molar-refractivity contribution in [3.05, 3.63) is 12.3 Å². The van der Waals surface area contributed by atoms with E-state index in [1.165, 1.54) is 0 Å². The molecule has 16 heavy (non-hydrogen) atoms. The maximum Gasteiger partial charge on any atom is 0.226 e. The first-order valence-corrected chi connectivity index (χ1v) is 5.61. The number of ether oxygens (including phenoxy) is 1. The van der Waals surface area contributed by atoms with Crippen LogP contribution in [0.1, 0.15) is 25.7 Å². The molecular weight excluding hydrogens is 206 g/mol. The molecule has 1 aromatic heterocycles. The van der Waals surface area contributed by atoms with Crippen LogP contribution in [-0.4, -0.2) is 34.3 Å². The summed E-state index contributed by atoms with van der Waals surface area (Å²) < 4.78 is 5.02. The highest BCUT2D eigenvalue weighted by Gasteiger charge is 2.23. The zero-order valence-electron chi connectivity index (χ0n) is 9.39. The summed E-state index contributed by atoms with van der Waals surface area (Å²) in [6, 6.07) is 1.75. The van der Waals surface area contributed by atoms with Crippen molar-refractivity contribution in [1.82, 2.24) is 9.97 Å². The molecule has 1 heterocycles. The number of hydrogen-bond acceptors (Lipinski definition) is 5. The van der Waals surface area contributed by atoms with Gasteiger partial charge in [-0.1, -0.05) is 12.8 Å². The number of nitrogens with one attached hydrogen (secondary N) is 1. The highest BCUT2D eigenvalue weighted by Crippen LogP contribution is 2.21. The maximum absolute atomic E-state index is 9.81. The largest absolute Gasteiger partial charge is 0.481 e. The predicted molar refractivity (Wildman–Crippen MR) is 60.5 cm³/mol. The van der Waals surface area contributed by atoms with Crippen LogP contribution in [0.2, 0.25) is 0 Å². The second kappa shape index (κ2) is 5.12. The second-order valence-corrected chi connectivity index (χ2v) is 4.03. The van der Waals surface area contributed by atoms with Crippen LogP contribution in [-0.2, 0) is 0 Å². The second-order valence-electron chi connectivity index (χ2n) is 4.03. The van der Waals surface area contributed by atoms with Gasteiger partial charge in [-0.15, -0.1) is 0 Å². The van der Waals surface area contributed by atoms with E-state index in [2.05, 4.69) is 15.3 Å². The first-order chi connectivity index (χ1) is 7.79. The number of methoxy groups -OCH3 is 1. The van der Waals surface area contributed by atoms with Crippen molar-refractivity contribution in [2.45, 2.75) is 37.8 Å². The molecule has 0 bridgehead atoms. The zero-order valence-corrected chi connectivity index (χ0v) is 9.39. The lowest BCUT2D eigenvalue weighted by Crippen LogP contribution is -2.36. The van der Waals surface area contributed by atoms with E-state index in [1.54, 1.807) is 19.4 Å². The minimum Gasteiger partial charge on any atom is -0.481 e. The van der Waals surface area contributed by atoms with E-state index in [-0.39, 0.29) is 12.1 Å². The number of aromatic nitrogens is 2. The van der Waals surface area contributed by atoms with Gasteiger partial charge in [-0.3, -0.25) is 0 Å². The first-order valence-electron chi connectivity index (χ1n) is 5.61. The van der Waals surface area contributed by atoms with Crippen LogP contribution < -0.4 is 10.1 Å². The Bertz CT molecular complexity index is 346. The molecule has 1 aromatic rings. The molecular formula is C11H17N3O2. The van der Waals surface area contributed by atoms with Gasteiger partial charge in [-0.25, -0.2) is 4.98 Å². The van der Waals surface area contributed by atoms with E-state index in [4.69, 9.17) is 4.74 Å². The molecule has 0 saturated heterocycles. The normalized spacial score (nSPS) is 25.1. The molecule has 1 aliphatic rings. The fourth-order valence-corrected chi connectivity index (χ4v) is 1.97. The first kappa shape index (κ1) is 11.1. The zero-order chi connectivity index (χ0) is 11.4. The molecule has 0 spiro atoms. The van der Waals surface area contributed by atoms with Gasteiger partial charge in [0.15, 0.2) is 0 Å². The Labute approximate surface area is 94.9 Å². The Morgan fingerprint density at radius 2 is 2.25 bits per heavy atom. The van der Waals surface area contributed by atoms with Crippen molar-refractivity contribution >= 4 is 5.95 Å². The molecule has 0 aromatic carbocycles. The van der Waals surface area contributed by atoms with Crippen LogP contribution >= 0.6 is 0 Å². The van der Waals surface area contributed by atoms with Crippen molar-refractivity contribution in [2.24, 2.45) is 0 Å². The summed E-state index contributed by atoms with van der Waals surface area (Å²) >= 11 is 0. The van der Waals surface area contributed by atoms with Crippen LogP contribution in [0.5, 0.6) is 5.88 Å². The Hall–Kier alpha value is -1.36. The van der Waals surface area contributed by atoms with E-state index in [0.717, 1.165) is 25.7 Å². The lowest BCUT2D eigenvalue weighted by Gasteiger charge is -2.28. The Kier molecular flexibility index (Phi) is 3.56. The molecule has 2 N–H and O–H groups in total. The van der Waals surface area contributed by atoms with Gasteiger partial charge in [-0.2, -0.15) is 4.98 Å². The van der Waals surface area contributed by atoms with Crippen molar-refractivity contribution in [2.75, 3.05) is 12.4 Å². The minimum atomic E-state index is -0.302. The molecule has 5 heteroatoms. The summed E-state index contributed by atoms with van der Waals surface area (Å²) in [7, 11) is 1.57. The van der Waals surface area contributed by atoms with Crippen LogP contribution in [0.4, 0.5) is 5.95 Å². The number of aliphatic hydroxyl groups is 1. The lowest BCUT2D eigenvalue weighted by atomic mass is 9.93. The van der Waals surface area contributed by atoms with Gasteiger partial charge < -0.3 is 15.2 Å². The fraction of sp³-hybridized carbons (Fsp3) is 0.636. The van der Waals surface area contributed by atoms with E-state index in [0.29, 0.717) is 11.8 Å². The number of anilines is 1. The molecule has 2 rings (SSSR count). The molecule has 1 saturated carbocycles. The van der Waals surface area contributed by atoms with Gasteiger partial charge in [0, 0.05) is 12.3 Å². The summed E-state index contributed by atoms with van der Waals surface area (Å²) in [6.07, 6.45) is 5.38. The van der Waals surface area contributed by atoms with Crippen molar-refractivity contribution in [3.8, 4) is 5.88 Å². The fourth-order valence-electron chi connectivity index (χ4n) is 1.97. The van der Waals surface area contributed by atoms with E-state index in [1.807, 2.05) is 0 Å². The lowest BCUT2D eigenvalue weighted by molar-refractivity contribution is 0.116. The molecule has 1 fully saturated rings. The highest BCUT2D eigenvalue weighted by atomic mass is 16.5. The topological polar surface area (TPSA) is 67.3 Å². The van der Waals surface area contributed by atoms with Crippen LogP contribution in [0.25, 0.3) is 0 Å². The van der Waals surface area contributed by atoms with Crippen LogP contribution in [0.15, 0.2) is 12.3 Å². The Morgan fingerprint density at radius 1 is 1.44 bits per heavy atom. The van der Waals surface area contributed by atoms with Crippen molar-refractivity contribution in [1.29, 1.82) is 0 Å². The van der Waals surface area contributed by atoms with Crippen molar-refractivity contribution in [3.63, 3.8) is 0 Å². The number of rotatable bonds is 3. The molecule has 0 amide bonds. The van der Waals surface area contributed by atoms with Crippen LogP contribution in [0.3, 0.4) is 0 Å². The summed E-state index contributed by atoms with van der Waals surface area (Å²) in [5.41, 5.74) is 0. The highest BCUT2D eigenvalue weighted by molar-refractivity contribution is 5.29. The molecule has 1 aliphatic carbocycles. The summed E-state index contributed by atoms with van der Waals surface area (Å²) in [6.45, 7) is 0. The predicted octanol–water partition coefficient (Wildman–Crippen LogP) is 1.20. The molecule has 0 radical (unpaired) electrons. The van der Waals surface area contributed by atoms with E-state index < -0.39 is 0 Å². The van der Waals surface area contributed by atoms with Crippen LogP contribution in [0, 0.1) is 0 Å². The SMILES string of the molecule is COc1ccnc(NC2CCCCC2O)n1. The van der Waals surface area contributed by atoms with E-state index in [9.17, 15) is 5.11 Å². The molecule has 2 unspecified atom stereocenters. The van der Waals surface area contributed by atoms with Gasteiger partial charge in [0.05, 0.1) is 19.3 Å². The maximum atomic E-state index is 9.81. The molecule has 5 nitrogen and oxygen atoms in total. The quantitative estimate of drug-likeness (QED) is 0.806. The molecule has 88 valence electrons. The number of aliphatic hydroxyl groups excluding tert-OH is 1. The van der Waals surface area contributed by atoms with Gasteiger partial charge in [0.2, 0.25) is 11.8 Å². The standard InChI is InChI=1S/C11H17N3O2/c1-16-10-6-7-12-11(14-10)13-8-4-2-3-5-9(8)15/h6-9,15H,2-5H2,1H3,(H,12,13,14). The minimum absolute atomic E-state index is 0.0563. The Balaban J connectivity index is 2.01. The Morgan fingerprint density at radius 3 is 3.00 bits per heavy atom. The summed E-state index contributed by atoms with van der Waals surface area (Å²) in [4.78, 5) is 8.27. The smallest absolute Gasteiger partial charge is 0.226 e. The third kappa shape index (κ3) is 2.61. The third-order valence-electron chi connectivity index (χ3n) is 2.88. The van der Waals surface area contributed by atoms with E-state index >= 15 is 0 Å². The summed E-state index contributed by atoms with van der Waals surface area (Å²) in [5, 5.41) is 13.0. The van der Waals surface area contributed by atoms with Gasteiger partial charge in [-0.05, 0) is 12.8 Å². The number of hydrogen-bond donors (Lipinski definition) is 2. The van der Waals surface area contributed by atoms with Gasteiger partial charge in [0.1, 0.15) is 0 Å². The number of nitrogens with zero attached hydrogens (tertiary/aromatic N) is 2. The summed E-state index contributed by atoms with van der Waals surface area (Å²) in [5.74, 6) is 1.05. The van der Waals surface area contributed by atoms with Gasteiger partial charge in [0.25, 0.3) is 0 Å². The molecule has 0 aliphatic heterocycles. The third-order valence-corrected chi connectivity index (χ3v) is 2.88. The monoisotopic (exact) mass is 223 g/mol. The van der Waals surface area contributed by atoms with Gasteiger partial charge >= 0.3 is 0 Å². The average Bonchev–Trinajstić information content (AvgIpc) is 2.32.